The van der Waals surface area contributed by atoms with Crippen LogP contribution < -0.4 is 10.1 Å². The maximum absolute atomic E-state index is 12.1. The van der Waals surface area contributed by atoms with E-state index in [0.29, 0.717) is 6.54 Å². The average Bonchev–Trinajstić information content (AvgIpc) is 2.35. The number of hydrogen-bond donors (Lipinski definition) is 1. The fourth-order valence-corrected chi connectivity index (χ4v) is 1.87. The Balaban J connectivity index is 2.41. The second-order valence-corrected chi connectivity index (χ2v) is 4.68. The summed E-state index contributed by atoms with van der Waals surface area (Å²) in [4.78, 5) is 0. The third-order valence-corrected chi connectivity index (χ3v) is 2.86. The summed E-state index contributed by atoms with van der Waals surface area (Å²) in [5, 5.41) is 3.15. The molecule has 6 heteroatoms. The molecule has 0 saturated carbocycles. The quantitative estimate of drug-likeness (QED) is 0.556. The van der Waals surface area contributed by atoms with E-state index in [2.05, 4.69) is 16.6 Å². The molecule has 20 heavy (non-hydrogen) atoms. The van der Waals surface area contributed by atoms with Crippen LogP contribution in [0, 0.1) is 0 Å². The molecule has 2 nitrogen and oxygen atoms in total. The van der Waals surface area contributed by atoms with Gasteiger partial charge in [0.1, 0.15) is 5.75 Å². The van der Waals surface area contributed by atoms with Crippen molar-refractivity contribution in [3.05, 3.63) is 41.4 Å². The Labute approximate surface area is 121 Å². The predicted molar refractivity (Wildman–Crippen MR) is 73.9 cm³/mol. The number of alkyl halides is 3. The van der Waals surface area contributed by atoms with Crippen LogP contribution in [0.5, 0.6) is 5.75 Å². The molecule has 0 aliphatic heterocycles. The van der Waals surface area contributed by atoms with Crippen molar-refractivity contribution in [3.63, 3.8) is 0 Å². The van der Waals surface area contributed by atoms with E-state index in [-0.39, 0.29) is 10.8 Å². The molecule has 1 N–H and O–H groups in total. The van der Waals surface area contributed by atoms with Gasteiger partial charge in [-0.3, -0.25) is 0 Å². The van der Waals surface area contributed by atoms with E-state index in [1.165, 1.54) is 12.1 Å². The molecule has 1 rings (SSSR count). The fraction of sp³-hybridized carbons (Fsp3) is 0.429. The number of rotatable bonds is 8. The van der Waals surface area contributed by atoms with Gasteiger partial charge in [-0.1, -0.05) is 23.7 Å². The molecular weight excluding hydrogens is 291 g/mol. The zero-order valence-electron chi connectivity index (χ0n) is 11.0. The molecule has 0 bridgehead atoms. The molecule has 0 aromatic heterocycles. The molecule has 0 atom stereocenters. The first-order chi connectivity index (χ1) is 9.42. The van der Waals surface area contributed by atoms with Gasteiger partial charge < -0.3 is 10.1 Å². The fourth-order valence-electron chi connectivity index (χ4n) is 1.63. The van der Waals surface area contributed by atoms with E-state index >= 15 is 0 Å². The summed E-state index contributed by atoms with van der Waals surface area (Å²) in [6.45, 7) is 5.04. The standard InChI is InChI=1S/C14H17ClF3NO/c1-2-3-4-5-8-19-10-11-6-7-13(12(15)9-11)20-14(16,17)18/h2,6-7,9,19H,1,3-5,8,10H2. The van der Waals surface area contributed by atoms with E-state index in [0.717, 1.165) is 31.4 Å². The van der Waals surface area contributed by atoms with Crippen molar-refractivity contribution in [1.82, 2.24) is 5.32 Å². The van der Waals surface area contributed by atoms with Crippen LogP contribution in [0.25, 0.3) is 0 Å². The molecule has 0 heterocycles. The highest BCUT2D eigenvalue weighted by Gasteiger charge is 2.31. The second kappa shape index (κ2) is 8.17. The first-order valence-electron chi connectivity index (χ1n) is 6.28. The van der Waals surface area contributed by atoms with E-state index in [9.17, 15) is 13.2 Å². The third kappa shape index (κ3) is 6.82. The van der Waals surface area contributed by atoms with Gasteiger partial charge in [0.2, 0.25) is 0 Å². The maximum Gasteiger partial charge on any atom is 0.573 e. The molecule has 1 aromatic rings. The van der Waals surface area contributed by atoms with Gasteiger partial charge in [0.15, 0.2) is 0 Å². The highest BCUT2D eigenvalue weighted by Crippen LogP contribution is 2.30. The normalized spacial score (nSPS) is 11.4. The van der Waals surface area contributed by atoms with E-state index in [4.69, 9.17) is 11.6 Å². The molecule has 0 aliphatic carbocycles. The number of benzene rings is 1. The van der Waals surface area contributed by atoms with Crippen LogP contribution >= 0.6 is 11.6 Å². The number of hydrogen-bond acceptors (Lipinski definition) is 2. The number of halogens is 4. The minimum Gasteiger partial charge on any atom is -0.404 e. The van der Waals surface area contributed by atoms with Crippen molar-refractivity contribution in [1.29, 1.82) is 0 Å². The smallest absolute Gasteiger partial charge is 0.404 e. The number of nitrogens with one attached hydrogen (secondary N) is 1. The lowest BCUT2D eigenvalue weighted by molar-refractivity contribution is -0.274. The zero-order valence-corrected chi connectivity index (χ0v) is 11.7. The van der Waals surface area contributed by atoms with Crippen LogP contribution in [0.3, 0.4) is 0 Å². The first kappa shape index (κ1) is 16.9. The van der Waals surface area contributed by atoms with Gasteiger partial charge in [0.25, 0.3) is 0 Å². The molecule has 0 radical (unpaired) electrons. The lowest BCUT2D eigenvalue weighted by Gasteiger charge is -2.11. The summed E-state index contributed by atoms with van der Waals surface area (Å²) in [6.07, 6.45) is 0.218. The van der Waals surface area contributed by atoms with Crippen molar-refractivity contribution < 1.29 is 17.9 Å². The molecule has 0 amide bonds. The van der Waals surface area contributed by atoms with Gasteiger partial charge in [-0.15, -0.1) is 19.8 Å². The van der Waals surface area contributed by atoms with Crippen molar-refractivity contribution in [2.45, 2.75) is 32.2 Å². The Kier molecular flexibility index (Phi) is 6.88. The number of unbranched alkanes of at least 4 members (excludes halogenated alkanes) is 2. The minimum atomic E-state index is -4.73. The van der Waals surface area contributed by atoms with E-state index in [1.807, 2.05) is 6.08 Å². The van der Waals surface area contributed by atoms with Crippen LogP contribution in [0.1, 0.15) is 24.8 Å². The monoisotopic (exact) mass is 307 g/mol. The van der Waals surface area contributed by atoms with Gasteiger partial charge in [-0.05, 0) is 43.5 Å². The lowest BCUT2D eigenvalue weighted by atomic mass is 10.2. The molecule has 0 fully saturated rings. The predicted octanol–water partition coefficient (Wildman–Crippen LogP) is 4.68. The van der Waals surface area contributed by atoms with Crippen LogP contribution in [0.2, 0.25) is 5.02 Å². The molecule has 0 unspecified atom stereocenters. The third-order valence-electron chi connectivity index (χ3n) is 2.56. The lowest BCUT2D eigenvalue weighted by Crippen LogP contribution is -2.18. The molecular formula is C14H17ClF3NO. The van der Waals surface area contributed by atoms with Gasteiger partial charge in [0.05, 0.1) is 5.02 Å². The molecule has 1 aromatic carbocycles. The van der Waals surface area contributed by atoms with Gasteiger partial charge in [0, 0.05) is 6.54 Å². The summed E-state index contributed by atoms with van der Waals surface area (Å²) < 4.78 is 40.0. The Morgan fingerprint density at radius 1 is 1.30 bits per heavy atom. The van der Waals surface area contributed by atoms with Crippen molar-refractivity contribution in [3.8, 4) is 5.75 Å². The van der Waals surface area contributed by atoms with Crippen LogP contribution in [-0.4, -0.2) is 12.9 Å². The minimum absolute atomic E-state index is 0.0479. The van der Waals surface area contributed by atoms with Crippen molar-refractivity contribution in [2.75, 3.05) is 6.54 Å². The Hall–Kier alpha value is -1.20. The second-order valence-electron chi connectivity index (χ2n) is 4.27. The van der Waals surface area contributed by atoms with Gasteiger partial charge in [-0.25, -0.2) is 0 Å². The van der Waals surface area contributed by atoms with E-state index in [1.54, 1.807) is 6.07 Å². The van der Waals surface area contributed by atoms with Crippen LogP contribution in [-0.2, 0) is 6.54 Å². The maximum atomic E-state index is 12.1. The van der Waals surface area contributed by atoms with E-state index < -0.39 is 6.36 Å². The van der Waals surface area contributed by atoms with Crippen molar-refractivity contribution in [2.24, 2.45) is 0 Å². The SMILES string of the molecule is C=CCCCCNCc1ccc(OC(F)(F)F)c(Cl)c1. The molecule has 0 saturated heterocycles. The summed E-state index contributed by atoms with van der Waals surface area (Å²) >= 11 is 5.75. The number of allylic oxidation sites excluding steroid dienone is 1. The molecule has 0 spiro atoms. The largest absolute Gasteiger partial charge is 0.573 e. The summed E-state index contributed by atoms with van der Waals surface area (Å²) in [7, 11) is 0. The van der Waals surface area contributed by atoms with Gasteiger partial charge >= 0.3 is 6.36 Å². The Bertz CT molecular complexity index is 435. The molecule has 0 aliphatic rings. The molecule has 112 valence electrons. The number of ether oxygens (including phenoxy) is 1. The van der Waals surface area contributed by atoms with Crippen LogP contribution in [0.4, 0.5) is 13.2 Å². The van der Waals surface area contributed by atoms with Crippen LogP contribution in [0.15, 0.2) is 30.9 Å². The highest BCUT2D eigenvalue weighted by molar-refractivity contribution is 6.32. The van der Waals surface area contributed by atoms with Crippen molar-refractivity contribution >= 4 is 11.6 Å². The van der Waals surface area contributed by atoms with Gasteiger partial charge in [-0.2, -0.15) is 0 Å². The Morgan fingerprint density at radius 3 is 2.65 bits per heavy atom. The Morgan fingerprint density at radius 2 is 2.05 bits per heavy atom. The highest BCUT2D eigenvalue weighted by atomic mass is 35.5. The topological polar surface area (TPSA) is 21.3 Å². The first-order valence-corrected chi connectivity index (χ1v) is 6.66. The zero-order chi connectivity index (χ0) is 15.0. The summed E-state index contributed by atoms with van der Waals surface area (Å²) in [5.41, 5.74) is 0.813. The summed E-state index contributed by atoms with van der Waals surface area (Å²) in [5.74, 6) is -0.381. The average molecular weight is 308 g/mol. The summed E-state index contributed by atoms with van der Waals surface area (Å²) in [6, 6.07) is 4.26.